The number of carbonyl (C=O) groups excluding carboxylic acids is 2. The predicted molar refractivity (Wildman–Crippen MR) is 65.8 cm³/mol. The molecule has 0 saturated carbocycles. The number of fused-ring (bicyclic) bond motifs is 1. The Morgan fingerprint density at radius 1 is 1.12 bits per heavy atom. The van der Waals surface area contributed by atoms with Crippen LogP contribution in [0.5, 0.6) is 0 Å². The molecule has 1 aromatic rings. The van der Waals surface area contributed by atoms with Gasteiger partial charge in [0, 0.05) is 13.4 Å². The molecule has 0 unspecified atom stereocenters. The van der Waals surface area contributed by atoms with Gasteiger partial charge in [-0.25, -0.2) is 5.90 Å². The van der Waals surface area contributed by atoms with Crippen LogP contribution >= 0.6 is 11.6 Å². The second kappa shape index (κ2) is 7.78. The van der Waals surface area contributed by atoms with Gasteiger partial charge in [0.25, 0.3) is 11.8 Å². The first-order chi connectivity index (χ1) is 8.13. The van der Waals surface area contributed by atoms with Crippen molar-refractivity contribution in [2.45, 2.75) is 0 Å². The summed E-state index contributed by atoms with van der Waals surface area (Å²) in [4.78, 5) is 27.5. The maximum atomic E-state index is 11.3. The molecule has 17 heavy (non-hydrogen) atoms. The topological polar surface area (TPSA) is 72.6 Å². The van der Waals surface area contributed by atoms with E-state index in [1.54, 1.807) is 24.3 Å². The van der Waals surface area contributed by atoms with Gasteiger partial charge in [0.05, 0.1) is 18.2 Å². The molecule has 0 aliphatic carbocycles. The molecule has 0 aromatic heterocycles. The highest BCUT2D eigenvalue weighted by molar-refractivity contribution is 6.21. The van der Waals surface area contributed by atoms with Crippen LogP contribution in [0.15, 0.2) is 24.3 Å². The Labute approximate surface area is 105 Å². The number of benzene rings is 1. The molecule has 0 bridgehead atoms. The van der Waals surface area contributed by atoms with E-state index in [9.17, 15) is 9.59 Å². The van der Waals surface area contributed by atoms with E-state index in [0.717, 1.165) is 4.90 Å². The number of hydrogen-bond acceptors (Lipinski definition) is 4. The van der Waals surface area contributed by atoms with Crippen molar-refractivity contribution in [3.05, 3.63) is 35.4 Å². The van der Waals surface area contributed by atoms with Gasteiger partial charge in [-0.15, -0.1) is 11.6 Å². The van der Waals surface area contributed by atoms with Gasteiger partial charge >= 0.3 is 0 Å². The highest BCUT2D eigenvalue weighted by Crippen LogP contribution is 2.20. The Morgan fingerprint density at radius 2 is 1.41 bits per heavy atom. The fraction of sp³-hybridized carbons (Fsp3) is 0.273. The second-order valence-corrected chi connectivity index (χ2v) is 2.95. The largest absolute Gasteiger partial charge is 0.308 e. The van der Waals surface area contributed by atoms with E-state index in [4.69, 9.17) is 0 Å². The van der Waals surface area contributed by atoms with Crippen molar-refractivity contribution < 1.29 is 14.4 Å². The van der Waals surface area contributed by atoms with E-state index in [1.165, 1.54) is 20.5 Å². The lowest BCUT2D eigenvalue weighted by Gasteiger charge is -2.02. The van der Waals surface area contributed by atoms with Gasteiger partial charge in [-0.1, -0.05) is 12.1 Å². The van der Waals surface area contributed by atoms with Crippen LogP contribution in [-0.4, -0.2) is 37.3 Å². The second-order valence-electron chi connectivity index (χ2n) is 2.95. The van der Waals surface area contributed by atoms with Gasteiger partial charge in [0.2, 0.25) is 0 Å². The van der Waals surface area contributed by atoms with E-state index in [2.05, 4.69) is 22.3 Å². The molecular formula is C11H15ClN2O3. The highest BCUT2D eigenvalue weighted by Gasteiger charge is 2.31. The molecule has 1 aliphatic heterocycles. The summed E-state index contributed by atoms with van der Waals surface area (Å²) in [5, 5.41) is 0. The molecule has 0 fully saturated rings. The summed E-state index contributed by atoms with van der Waals surface area (Å²) in [6, 6.07) is 6.84. The van der Waals surface area contributed by atoms with Crippen LogP contribution in [0.4, 0.5) is 0 Å². The Bertz CT molecular complexity index is 361. The molecule has 0 radical (unpaired) electrons. The Kier molecular flexibility index (Phi) is 7.13. The summed E-state index contributed by atoms with van der Waals surface area (Å²) in [5.74, 6) is 3.92. The molecule has 5 nitrogen and oxygen atoms in total. The van der Waals surface area contributed by atoms with Crippen LogP contribution < -0.4 is 5.90 Å². The van der Waals surface area contributed by atoms with E-state index in [1.807, 2.05) is 0 Å². The van der Waals surface area contributed by atoms with Crippen molar-refractivity contribution in [2.75, 3.05) is 20.5 Å². The van der Waals surface area contributed by atoms with Gasteiger partial charge in [-0.2, -0.15) is 0 Å². The quantitative estimate of drug-likeness (QED) is 0.432. The van der Waals surface area contributed by atoms with E-state index in [0.29, 0.717) is 11.1 Å². The number of imide groups is 1. The van der Waals surface area contributed by atoms with E-state index >= 15 is 0 Å². The SMILES string of the molecule is CCl.CN1C(=O)c2ccccc2C1=O.CON. The number of alkyl halides is 1. The van der Waals surface area contributed by atoms with Crippen LogP contribution in [0.3, 0.4) is 0 Å². The average molecular weight is 259 g/mol. The first kappa shape index (κ1) is 15.6. The zero-order valence-corrected chi connectivity index (χ0v) is 10.7. The van der Waals surface area contributed by atoms with Crippen molar-refractivity contribution in [3.8, 4) is 0 Å². The molecule has 1 aliphatic rings. The Hall–Kier alpha value is -1.43. The van der Waals surface area contributed by atoms with Crippen LogP contribution in [0, 0.1) is 0 Å². The van der Waals surface area contributed by atoms with Crippen molar-refractivity contribution in [2.24, 2.45) is 5.90 Å². The Morgan fingerprint density at radius 3 is 1.71 bits per heavy atom. The highest BCUT2D eigenvalue weighted by atomic mass is 35.5. The summed E-state index contributed by atoms with van der Waals surface area (Å²) in [6.45, 7) is 0. The van der Waals surface area contributed by atoms with Crippen molar-refractivity contribution in [3.63, 3.8) is 0 Å². The number of halogens is 1. The fourth-order valence-electron chi connectivity index (χ4n) is 1.31. The lowest BCUT2D eigenvalue weighted by Crippen LogP contribution is -2.24. The summed E-state index contributed by atoms with van der Waals surface area (Å²) >= 11 is 4.64. The molecule has 94 valence electrons. The number of carbonyl (C=O) groups is 2. The fourth-order valence-corrected chi connectivity index (χ4v) is 1.31. The molecule has 2 N–H and O–H groups in total. The third-order valence-electron chi connectivity index (χ3n) is 2.00. The summed E-state index contributed by atoms with van der Waals surface area (Å²) in [7, 11) is 2.89. The number of nitrogens with zero attached hydrogens (tertiary/aromatic N) is 1. The van der Waals surface area contributed by atoms with E-state index in [-0.39, 0.29) is 11.8 Å². The minimum atomic E-state index is -0.212. The number of nitrogens with two attached hydrogens (primary N) is 1. The monoisotopic (exact) mass is 258 g/mol. The molecule has 2 amide bonds. The Balaban J connectivity index is 0.000000450. The summed E-state index contributed by atoms with van der Waals surface area (Å²) in [6.07, 6.45) is 1.47. The maximum Gasteiger partial charge on any atom is 0.261 e. The predicted octanol–water partition coefficient (Wildman–Crippen LogP) is 1.27. The van der Waals surface area contributed by atoms with E-state index < -0.39 is 0 Å². The molecule has 0 atom stereocenters. The van der Waals surface area contributed by atoms with Crippen molar-refractivity contribution >= 4 is 23.4 Å². The third-order valence-corrected chi connectivity index (χ3v) is 2.00. The minimum absolute atomic E-state index is 0.212. The van der Waals surface area contributed by atoms with Gasteiger partial charge in [-0.05, 0) is 12.1 Å². The minimum Gasteiger partial charge on any atom is -0.308 e. The third kappa shape index (κ3) is 3.52. The number of hydrogen-bond donors (Lipinski definition) is 1. The average Bonchev–Trinajstić information content (AvgIpc) is 2.59. The van der Waals surface area contributed by atoms with Crippen LogP contribution in [0.2, 0.25) is 0 Å². The molecule has 2 rings (SSSR count). The standard InChI is InChI=1S/C9H7NO2.CH3Cl.CH5NO/c1-10-8(11)6-4-2-3-5-7(6)9(10)12;1-2;1-3-2/h2-5H,1H3;1H3;2H2,1H3. The molecule has 1 heterocycles. The van der Waals surface area contributed by atoms with Crippen molar-refractivity contribution in [1.29, 1.82) is 0 Å². The maximum absolute atomic E-state index is 11.3. The zero-order chi connectivity index (χ0) is 13.4. The van der Waals surface area contributed by atoms with Crippen LogP contribution in [0.1, 0.15) is 20.7 Å². The van der Waals surface area contributed by atoms with Crippen LogP contribution in [-0.2, 0) is 4.84 Å². The summed E-state index contributed by atoms with van der Waals surface area (Å²) < 4.78 is 0. The number of amides is 2. The molecular weight excluding hydrogens is 244 g/mol. The van der Waals surface area contributed by atoms with Gasteiger partial charge < -0.3 is 4.84 Å². The summed E-state index contributed by atoms with van der Waals surface area (Å²) in [5.41, 5.74) is 1.01. The number of rotatable bonds is 0. The molecule has 6 heteroatoms. The molecule has 0 spiro atoms. The zero-order valence-electron chi connectivity index (χ0n) is 9.94. The van der Waals surface area contributed by atoms with Gasteiger partial charge in [0.15, 0.2) is 0 Å². The molecule has 0 saturated heterocycles. The lowest BCUT2D eigenvalue weighted by molar-refractivity contribution is 0.0693. The smallest absolute Gasteiger partial charge is 0.261 e. The molecule has 1 aromatic carbocycles. The van der Waals surface area contributed by atoms with Crippen LogP contribution in [0.25, 0.3) is 0 Å². The lowest BCUT2D eigenvalue weighted by atomic mass is 10.1. The first-order valence-electron chi connectivity index (χ1n) is 4.65. The van der Waals surface area contributed by atoms with Gasteiger partial charge in [0.1, 0.15) is 0 Å². The van der Waals surface area contributed by atoms with Crippen molar-refractivity contribution in [1.82, 2.24) is 4.90 Å². The van der Waals surface area contributed by atoms with Gasteiger partial charge in [-0.3, -0.25) is 14.5 Å². The normalized spacial score (nSPS) is 12.2. The first-order valence-corrected chi connectivity index (χ1v) is 5.41.